The van der Waals surface area contributed by atoms with Gasteiger partial charge in [-0.1, -0.05) is 25.5 Å². The zero-order valence-corrected chi connectivity index (χ0v) is 10.9. The summed E-state index contributed by atoms with van der Waals surface area (Å²) in [5, 5.41) is 8.62. The summed E-state index contributed by atoms with van der Waals surface area (Å²) in [5.41, 5.74) is 0. The summed E-state index contributed by atoms with van der Waals surface area (Å²) in [6, 6.07) is 0. The molecule has 1 N–H and O–H groups in total. The van der Waals surface area contributed by atoms with Crippen LogP contribution in [0.2, 0.25) is 19.6 Å². The van der Waals surface area contributed by atoms with Crippen LogP contribution in [0.25, 0.3) is 0 Å². The quantitative estimate of drug-likeness (QED) is 0.524. The Bertz CT molecular complexity index is 161. The Labute approximate surface area is 89.1 Å². The van der Waals surface area contributed by atoms with Gasteiger partial charge in [0.05, 0.1) is 6.61 Å². The summed E-state index contributed by atoms with van der Waals surface area (Å²) < 4.78 is 6.03. The molecule has 0 aliphatic rings. The van der Waals surface area contributed by atoms with Crippen LogP contribution in [0.3, 0.4) is 0 Å². The van der Waals surface area contributed by atoms with Crippen molar-refractivity contribution in [3.8, 4) is 0 Å². The third kappa shape index (κ3) is 8.47. The van der Waals surface area contributed by atoms with Crippen LogP contribution in [-0.4, -0.2) is 26.1 Å². The number of rotatable bonds is 7. The van der Waals surface area contributed by atoms with E-state index in [-0.39, 0.29) is 6.61 Å². The van der Waals surface area contributed by atoms with Crippen molar-refractivity contribution in [2.24, 2.45) is 0 Å². The minimum atomic E-state index is -1.41. The van der Waals surface area contributed by atoms with Gasteiger partial charge in [-0.2, -0.15) is 0 Å². The molecule has 0 rings (SSSR count). The molecule has 0 aliphatic heterocycles. The van der Waals surface area contributed by atoms with E-state index < -0.39 is 8.32 Å². The molecule has 0 aromatic rings. The number of hydrogen-bond acceptors (Lipinski definition) is 2. The lowest BCUT2D eigenvalue weighted by Gasteiger charge is -2.25. The van der Waals surface area contributed by atoms with Crippen molar-refractivity contribution < 1.29 is 9.53 Å². The molecule has 0 aromatic heterocycles. The Morgan fingerprint density at radius 3 is 2.36 bits per heavy atom. The maximum atomic E-state index is 8.62. The fourth-order valence-corrected chi connectivity index (χ4v) is 2.58. The Balaban J connectivity index is 3.95. The summed E-state index contributed by atoms with van der Waals surface area (Å²) in [6.45, 7) is 8.95. The van der Waals surface area contributed by atoms with Gasteiger partial charge in [0.2, 0.25) is 0 Å². The van der Waals surface area contributed by atoms with Crippen LogP contribution in [-0.2, 0) is 4.43 Å². The first-order valence-electron chi connectivity index (χ1n) is 5.43. The van der Waals surface area contributed by atoms with E-state index in [9.17, 15) is 0 Å². The molecule has 1 unspecified atom stereocenters. The Kier molecular flexibility index (Phi) is 7.14. The SMILES string of the molecule is CCCC(CC=CCO)O[Si](C)(C)C. The van der Waals surface area contributed by atoms with Crippen molar-refractivity contribution >= 4 is 8.32 Å². The van der Waals surface area contributed by atoms with E-state index in [1.54, 1.807) is 6.08 Å². The van der Waals surface area contributed by atoms with Crippen LogP contribution < -0.4 is 0 Å². The summed E-state index contributed by atoms with van der Waals surface area (Å²) >= 11 is 0. The lowest BCUT2D eigenvalue weighted by Crippen LogP contribution is -2.31. The number of hydrogen-bond donors (Lipinski definition) is 1. The summed E-state index contributed by atoms with van der Waals surface area (Å²) in [6.07, 6.45) is 7.34. The third-order valence-electron chi connectivity index (χ3n) is 1.80. The van der Waals surface area contributed by atoms with Crippen molar-refractivity contribution in [2.45, 2.75) is 51.9 Å². The van der Waals surface area contributed by atoms with Gasteiger partial charge in [0.25, 0.3) is 0 Å². The van der Waals surface area contributed by atoms with E-state index in [1.807, 2.05) is 6.08 Å². The van der Waals surface area contributed by atoms with E-state index in [4.69, 9.17) is 9.53 Å². The van der Waals surface area contributed by atoms with Gasteiger partial charge in [-0.15, -0.1) is 0 Å². The predicted molar refractivity (Wildman–Crippen MR) is 64.0 cm³/mol. The number of aliphatic hydroxyl groups excluding tert-OH is 1. The topological polar surface area (TPSA) is 29.5 Å². The lowest BCUT2D eigenvalue weighted by atomic mass is 10.1. The van der Waals surface area contributed by atoms with Gasteiger partial charge in [-0.25, -0.2) is 0 Å². The molecule has 0 spiro atoms. The van der Waals surface area contributed by atoms with Crippen LogP contribution in [0.15, 0.2) is 12.2 Å². The average molecular weight is 216 g/mol. The van der Waals surface area contributed by atoms with Gasteiger partial charge in [0, 0.05) is 6.10 Å². The molecular formula is C11H24O2Si. The molecule has 3 heteroatoms. The Morgan fingerprint density at radius 2 is 1.93 bits per heavy atom. The standard InChI is InChI=1S/C11H24O2Si/c1-5-8-11(9-6-7-10-12)13-14(2,3)4/h6-7,11-12H,5,8-10H2,1-4H3. The molecule has 1 atom stereocenters. The Morgan fingerprint density at radius 1 is 1.29 bits per heavy atom. The highest BCUT2D eigenvalue weighted by Crippen LogP contribution is 2.14. The molecule has 14 heavy (non-hydrogen) atoms. The van der Waals surface area contributed by atoms with Gasteiger partial charge in [0.15, 0.2) is 8.32 Å². The van der Waals surface area contributed by atoms with E-state index in [0.29, 0.717) is 6.10 Å². The molecule has 0 amide bonds. The van der Waals surface area contributed by atoms with E-state index >= 15 is 0 Å². The van der Waals surface area contributed by atoms with Gasteiger partial charge < -0.3 is 9.53 Å². The second kappa shape index (κ2) is 7.21. The highest BCUT2D eigenvalue weighted by atomic mass is 28.4. The molecule has 0 radical (unpaired) electrons. The zero-order valence-electron chi connectivity index (χ0n) is 9.92. The molecule has 0 saturated heterocycles. The summed E-state index contributed by atoms with van der Waals surface area (Å²) in [7, 11) is -1.41. The van der Waals surface area contributed by atoms with Crippen LogP contribution in [0.1, 0.15) is 26.2 Å². The molecular weight excluding hydrogens is 192 g/mol. The zero-order chi connectivity index (χ0) is 11.0. The molecule has 2 nitrogen and oxygen atoms in total. The van der Waals surface area contributed by atoms with Gasteiger partial charge in [0.1, 0.15) is 0 Å². The van der Waals surface area contributed by atoms with Crippen molar-refractivity contribution in [2.75, 3.05) is 6.61 Å². The van der Waals surface area contributed by atoms with Crippen LogP contribution in [0.5, 0.6) is 0 Å². The van der Waals surface area contributed by atoms with E-state index in [1.165, 1.54) is 0 Å². The van der Waals surface area contributed by atoms with Crippen LogP contribution in [0, 0.1) is 0 Å². The monoisotopic (exact) mass is 216 g/mol. The minimum Gasteiger partial charge on any atom is -0.414 e. The predicted octanol–water partition coefficient (Wildman–Crippen LogP) is 2.95. The number of aliphatic hydroxyl groups is 1. The molecule has 0 aromatic carbocycles. The highest BCUT2D eigenvalue weighted by molar-refractivity contribution is 6.69. The fraction of sp³-hybridized carbons (Fsp3) is 0.818. The van der Waals surface area contributed by atoms with E-state index in [2.05, 4.69) is 26.6 Å². The smallest absolute Gasteiger partial charge is 0.184 e. The first kappa shape index (κ1) is 13.9. The second-order valence-electron chi connectivity index (χ2n) is 4.53. The van der Waals surface area contributed by atoms with Crippen LogP contribution in [0.4, 0.5) is 0 Å². The van der Waals surface area contributed by atoms with E-state index in [0.717, 1.165) is 19.3 Å². The maximum absolute atomic E-state index is 8.62. The second-order valence-corrected chi connectivity index (χ2v) is 8.99. The molecule has 0 bridgehead atoms. The minimum absolute atomic E-state index is 0.131. The summed E-state index contributed by atoms with van der Waals surface area (Å²) in [5.74, 6) is 0. The molecule has 0 heterocycles. The molecule has 0 aliphatic carbocycles. The normalized spacial score (nSPS) is 14.9. The van der Waals surface area contributed by atoms with Crippen molar-refractivity contribution in [1.82, 2.24) is 0 Å². The van der Waals surface area contributed by atoms with Crippen molar-refractivity contribution in [3.05, 3.63) is 12.2 Å². The molecule has 84 valence electrons. The largest absolute Gasteiger partial charge is 0.414 e. The average Bonchev–Trinajstić information content (AvgIpc) is 2.02. The van der Waals surface area contributed by atoms with Gasteiger partial charge in [-0.05, 0) is 32.5 Å². The van der Waals surface area contributed by atoms with Gasteiger partial charge in [-0.3, -0.25) is 0 Å². The molecule has 0 saturated carbocycles. The molecule has 0 fully saturated rings. The van der Waals surface area contributed by atoms with Gasteiger partial charge >= 0.3 is 0 Å². The highest BCUT2D eigenvalue weighted by Gasteiger charge is 2.19. The Hall–Kier alpha value is -0.123. The van der Waals surface area contributed by atoms with Crippen molar-refractivity contribution in [3.63, 3.8) is 0 Å². The maximum Gasteiger partial charge on any atom is 0.184 e. The van der Waals surface area contributed by atoms with Crippen LogP contribution >= 0.6 is 0 Å². The lowest BCUT2D eigenvalue weighted by molar-refractivity contribution is 0.185. The first-order chi connectivity index (χ1) is 6.49. The van der Waals surface area contributed by atoms with Crippen molar-refractivity contribution in [1.29, 1.82) is 0 Å². The first-order valence-corrected chi connectivity index (χ1v) is 8.84. The third-order valence-corrected chi connectivity index (χ3v) is 2.84. The summed E-state index contributed by atoms with van der Waals surface area (Å²) in [4.78, 5) is 0. The fourth-order valence-electron chi connectivity index (χ4n) is 1.37.